The van der Waals surface area contributed by atoms with E-state index in [9.17, 15) is 9.59 Å². The number of hydrogen-bond acceptors (Lipinski definition) is 6. The molecule has 1 saturated carbocycles. The fourth-order valence-electron chi connectivity index (χ4n) is 3.64. The molecule has 1 aliphatic carbocycles. The van der Waals surface area contributed by atoms with Gasteiger partial charge in [0.2, 0.25) is 5.75 Å². The van der Waals surface area contributed by atoms with Gasteiger partial charge in [-0.2, -0.15) is 0 Å². The van der Waals surface area contributed by atoms with E-state index in [4.69, 9.17) is 18.9 Å². The van der Waals surface area contributed by atoms with Crippen LogP contribution in [0.5, 0.6) is 17.2 Å². The minimum absolute atomic E-state index is 0.000853. The van der Waals surface area contributed by atoms with Crippen LogP contribution < -0.4 is 19.5 Å². The molecule has 0 saturated heterocycles. The molecular formula is C21H31NO6. The highest BCUT2D eigenvalue weighted by molar-refractivity contribution is 5.81. The number of benzene rings is 1. The Morgan fingerprint density at radius 2 is 1.68 bits per heavy atom. The van der Waals surface area contributed by atoms with Gasteiger partial charge in [-0.15, -0.1) is 0 Å². The van der Waals surface area contributed by atoms with Crippen molar-refractivity contribution in [1.82, 2.24) is 5.32 Å². The third-order valence-corrected chi connectivity index (χ3v) is 5.49. The summed E-state index contributed by atoms with van der Waals surface area (Å²) in [5.74, 6) is 1.64. The van der Waals surface area contributed by atoms with Crippen molar-refractivity contribution in [2.45, 2.75) is 45.6 Å². The highest BCUT2D eigenvalue weighted by Gasteiger charge is 2.28. The van der Waals surface area contributed by atoms with Gasteiger partial charge in [0.25, 0.3) is 5.91 Å². The van der Waals surface area contributed by atoms with Crippen molar-refractivity contribution < 1.29 is 28.5 Å². The molecule has 1 amide bonds. The van der Waals surface area contributed by atoms with Crippen LogP contribution in [-0.2, 0) is 20.7 Å². The third kappa shape index (κ3) is 5.53. The molecular weight excluding hydrogens is 362 g/mol. The zero-order valence-electron chi connectivity index (χ0n) is 17.4. The van der Waals surface area contributed by atoms with Crippen molar-refractivity contribution in [3.63, 3.8) is 0 Å². The first-order chi connectivity index (χ1) is 13.4. The average Bonchev–Trinajstić information content (AvgIpc) is 2.69. The van der Waals surface area contributed by atoms with Gasteiger partial charge in [-0.25, -0.2) is 0 Å². The topological polar surface area (TPSA) is 83.1 Å². The molecule has 0 radical (unpaired) electrons. The number of carbonyl (C=O) groups is 2. The van der Waals surface area contributed by atoms with Crippen LogP contribution in [0.15, 0.2) is 12.1 Å². The van der Waals surface area contributed by atoms with E-state index in [1.165, 1.54) is 27.8 Å². The van der Waals surface area contributed by atoms with Crippen LogP contribution >= 0.6 is 0 Å². The number of esters is 1. The predicted molar refractivity (Wildman–Crippen MR) is 105 cm³/mol. The Labute approximate surface area is 166 Å². The van der Waals surface area contributed by atoms with E-state index in [-0.39, 0.29) is 25.0 Å². The van der Waals surface area contributed by atoms with Gasteiger partial charge in [0.15, 0.2) is 18.1 Å². The lowest BCUT2D eigenvalue weighted by Gasteiger charge is -2.34. The molecule has 1 aliphatic rings. The number of carbonyl (C=O) groups excluding carboxylic acids is 2. The molecule has 3 atom stereocenters. The van der Waals surface area contributed by atoms with E-state index in [2.05, 4.69) is 19.2 Å². The van der Waals surface area contributed by atoms with Crippen LogP contribution in [0, 0.1) is 11.8 Å². The van der Waals surface area contributed by atoms with Gasteiger partial charge in [-0.3, -0.25) is 9.59 Å². The second-order valence-electron chi connectivity index (χ2n) is 7.31. The summed E-state index contributed by atoms with van der Waals surface area (Å²) < 4.78 is 21.0. The Bertz CT molecular complexity index is 664. The second-order valence-corrected chi connectivity index (χ2v) is 7.31. The van der Waals surface area contributed by atoms with E-state index in [0.717, 1.165) is 12.8 Å². The zero-order valence-corrected chi connectivity index (χ0v) is 17.4. The molecule has 156 valence electrons. The lowest BCUT2D eigenvalue weighted by Crippen LogP contribution is -2.45. The minimum atomic E-state index is -0.491. The van der Waals surface area contributed by atoms with Gasteiger partial charge in [0.05, 0.1) is 27.8 Å². The van der Waals surface area contributed by atoms with Gasteiger partial charge in [0, 0.05) is 6.04 Å². The monoisotopic (exact) mass is 393 g/mol. The van der Waals surface area contributed by atoms with Crippen molar-refractivity contribution >= 4 is 11.9 Å². The lowest BCUT2D eigenvalue weighted by molar-refractivity contribution is -0.148. The van der Waals surface area contributed by atoms with E-state index in [1.807, 2.05) is 0 Å². The molecule has 28 heavy (non-hydrogen) atoms. The van der Waals surface area contributed by atoms with Crippen molar-refractivity contribution in [2.24, 2.45) is 11.8 Å². The molecule has 1 fully saturated rings. The SMILES string of the molecule is COc1cc(CC(=O)OCC(=O)N[C@@H]2CCC[C@H](C)[C@H]2C)cc(OC)c1OC. The largest absolute Gasteiger partial charge is 0.493 e. The summed E-state index contributed by atoms with van der Waals surface area (Å²) in [6, 6.07) is 3.52. The molecule has 0 unspecified atom stereocenters. The molecule has 7 nitrogen and oxygen atoms in total. The van der Waals surface area contributed by atoms with E-state index >= 15 is 0 Å². The molecule has 1 N–H and O–H groups in total. The standard InChI is InChI=1S/C21H31NO6/c1-13-7-6-8-16(14(13)2)22-19(23)12-28-20(24)11-15-9-17(25-3)21(27-5)18(10-15)26-4/h9-10,13-14,16H,6-8,11-12H2,1-5H3,(H,22,23)/t13-,14+,16+/m0/s1. The molecule has 0 bridgehead atoms. The van der Waals surface area contributed by atoms with Crippen molar-refractivity contribution in [1.29, 1.82) is 0 Å². The van der Waals surface area contributed by atoms with Gasteiger partial charge in [-0.1, -0.05) is 26.7 Å². The lowest BCUT2D eigenvalue weighted by atomic mass is 9.78. The smallest absolute Gasteiger partial charge is 0.310 e. The summed E-state index contributed by atoms with van der Waals surface area (Å²) in [6.07, 6.45) is 3.27. The molecule has 0 spiro atoms. The number of ether oxygens (including phenoxy) is 4. The van der Waals surface area contributed by atoms with E-state index in [1.54, 1.807) is 12.1 Å². The molecule has 1 aromatic rings. The van der Waals surface area contributed by atoms with Crippen molar-refractivity contribution in [2.75, 3.05) is 27.9 Å². The maximum atomic E-state index is 12.2. The first-order valence-corrected chi connectivity index (χ1v) is 9.63. The number of nitrogens with one attached hydrogen (secondary N) is 1. The number of rotatable bonds is 8. The summed E-state index contributed by atoms with van der Waals surface area (Å²) in [7, 11) is 4.54. The van der Waals surface area contributed by atoms with Gasteiger partial charge < -0.3 is 24.3 Å². The highest BCUT2D eigenvalue weighted by atomic mass is 16.5. The third-order valence-electron chi connectivity index (χ3n) is 5.49. The first kappa shape index (κ1) is 21.9. The summed E-state index contributed by atoms with van der Waals surface area (Å²) in [5, 5.41) is 3.00. The fraction of sp³-hybridized carbons (Fsp3) is 0.619. The van der Waals surface area contributed by atoms with Crippen LogP contribution in [0.3, 0.4) is 0 Å². The average molecular weight is 393 g/mol. The van der Waals surface area contributed by atoms with Crippen molar-refractivity contribution in [3.8, 4) is 17.2 Å². The fourth-order valence-corrected chi connectivity index (χ4v) is 3.64. The molecule has 7 heteroatoms. The number of amides is 1. The molecule has 1 aromatic carbocycles. The quantitative estimate of drug-likeness (QED) is 0.684. The first-order valence-electron chi connectivity index (χ1n) is 9.63. The number of methoxy groups -OCH3 is 3. The number of hydrogen-bond donors (Lipinski definition) is 1. The summed E-state index contributed by atoms with van der Waals surface area (Å²) >= 11 is 0. The van der Waals surface area contributed by atoms with Gasteiger partial charge in [-0.05, 0) is 36.0 Å². The Balaban J connectivity index is 1.89. The Morgan fingerprint density at radius 1 is 1.04 bits per heavy atom. The zero-order chi connectivity index (χ0) is 20.7. The molecule has 0 heterocycles. The van der Waals surface area contributed by atoms with Gasteiger partial charge >= 0.3 is 5.97 Å². The minimum Gasteiger partial charge on any atom is -0.493 e. The molecule has 2 rings (SSSR count). The van der Waals surface area contributed by atoms with Crippen LogP contribution in [0.1, 0.15) is 38.7 Å². The summed E-state index contributed by atoms with van der Waals surface area (Å²) in [5.41, 5.74) is 0.648. The maximum Gasteiger partial charge on any atom is 0.310 e. The second kappa shape index (κ2) is 10.2. The maximum absolute atomic E-state index is 12.2. The van der Waals surface area contributed by atoms with Crippen LogP contribution in [-0.4, -0.2) is 45.9 Å². The Hall–Kier alpha value is -2.44. The molecule has 0 aliphatic heterocycles. The van der Waals surface area contributed by atoms with E-state index in [0.29, 0.717) is 34.6 Å². The van der Waals surface area contributed by atoms with Gasteiger partial charge in [0.1, 0.15) is 0 Å². The summed E-state index contributed by atoms with van der Waals surface area (Å²) in [4.78, 5) is 24.3. The van der Waals surface area contributed by atoms with E-state index < -0.39 is 5.97 Å². The van der Waals surface area contributed by atoms with Crippen LogP contribution in [0.4, 0.5) is 0 Å². The normalized spacial score (nSPS) is 21.5. The highest BCUT2D eigenvalue weighted by Crippen LogP contribution is 2.38. The molecule has 0 aromatic heterocycles. The Kier molecular flexibility index (Phi) is 7.96. The van der Waals surface area contributed by atoms with Crippen LogP contribution in [0.2, 0.25) is 0 Å². The summed E-state index contributed by atoms with van der Waals surface area (Å²) in [6.45, 7) is 4.09. The predicted octanol–water partition coefficient (Wildman–Crippen LogP) is 2.74. The Morgan fingerprint density at radius 3 is 2.25 bits per heavy atom. The van der Waals surface area contributed by atoms with Crippen LogP contribution in [0.25, 0.3) is 0 Å². The van der Waals surface area contributed by atoms with Crippen molar-refractivity contribution in [3.05, 3.63) is 17.7 Å².